The van der Waals surface area contributed by atoms with Crippen molar-refractivity contribution in [2.75, 3.05) is 17.2 Å². The summed E-state index contributed by atoms with van der Waals surface area (Å²) in [5, 5.41) is 0. The average molecular weight is 245 g/mol. The van der Waals surface area contributed by atoms with Gasteiger partial charge in [0.2, 0.25) is 5.76 Å². The maximum absolute atomic E-state index is 12.3. The molecule has 1 heterocycles. The van der Waals surface area contributed by atoms with Crippen molar-refractivity contribution in [2.24, 2.45) is 0 Å². The van der Waals surface area contributed by atoms with Crippen LogP contribution in [0.4, 0.5) is 11.4 Å². The van der Waals surface area contributed by atoms with E-state index in [-0.39, 0.29) is 11.7 Å². The fourth-order valence-corrected chi connectivity index (χ4v) is 1.77. The second-order valence-electron chi connectivity index (χ2n) is 3.91. The predicted octanol–water partition coefficient (Wildman–Crippen LogP) is 2.23. The number of nitrogens with zero attached hydrogens (tertiary/aromatic N) is 2. The van der Waals surface area contributed by atoms with Gasteiger partial charge in [0.1, 0.15) is 0 Å². The Balaban J connectivity index is 2.35. The van der Waals surface area contributed by atoms with E-state index in [2.05, 4.69) is 4.98 Å². The van der Waals surface area contributed by atoms with Gasteiger partial charge in [-0.2, -0.15) is 0 Å². The number of aryl methyl sites for hydroxylation is 1. The number of oxazole rings is 1. The minimum absolute atomic E-state index is 0.210. The molecule has 0 bridgehead atoms. The quantitative estimate of drug-likeness (QED) is 0.841. The highest BCUT2D eigenvalue weighted by atomic mass is 16.3. The smallest absolute Gasteiger partial charge is 0.295 e. The minimum Gasteiger partial charge on any atom is -0.438 e. The summed E-state index contributed by atoms with van der Waals surface area (Å²) >= 11 is 0. The van der Waals surface area contributed by atoms with Gasteiger partial charge in [-0.3, -0.25) is 4.79 Å². The number of carbonyl (C=O) groups is 1. The number of amides is 1. The zero-order chi connectivity index (χ0) is 13.1. The van der Waals surface area contributed by atoms with Crippen LogP contribution in [0.1, 0.15) is 23.2 Å². The lowest BCUT2D eigenvalue weighted by atomic mass is 10.2. The Labute approximate surface area is 105 Å². The Morgan fingerprint density at radius 3 is 2.83 bits per heavy atom. The Morgan fingerprint density at radius 2 is 2.28 bits per heavy atom. The molecule has 5 heteroatoms. The molecule has 2 N–H and O–H groups in total. The predicted molar refractivity (Wildman–Crippen MR) is 69.4 cm³/mol. The van der Waals surface area contributed by atoms with Crippen LogP contribution >= 0.6 is 0 Å². The van der Waals surface area contributed by atoms with Crippen molar-refractivity contribution in [2.45, 2.75) is 13.8 Å². The van der Waals surface area contributed by atoms with E-state index in [1.165, 1.54) is 6.39 Å². The molecular weight excluding hydrogens is 230 g/mol. The molecule has 1 aromatic heterocycles. The monoisotopic (exact) mass is 245 g/mol. The second kappa shape index (κ2) is 4.91. The highest BCUT2D eigenvalue weighted by Gasteiger charge is 2.21. The van der Waals surface area contributed by atoms with Gasteiger partial charge in [-0.25, -0.2) is 4.98 Å². The molecule has 0 saturated carbocycles. The molecule has 0 saturated heterocycles. The van der Waals surface area contributed by atoms with E-state index in [0.717, 1.165) is 5.69 Å². The lowest BCUT2D eigenvalue weighted by Crippen LogP contribution is -2.30. The molecule has 2 rings (SSSR count). The van der Waals surface area contributed by atoms with E-state index >= 15 is 0 Å². The Morgan fingerprint density at radius 1 is 1.50 bits per heavy atom. The molecule has 94 valence electrons. The number of nitrogen functional groups attached to an aromatic ring is 1. The van der Waals surface area contributed by atoms with Crippen LogP contribution in [0.3, 0.4) is 0 Å². The highest BCUT2D eigenvalue weighted by molar-refractivity contribution is 6.04. The van der Waals surface area contributed by atoms with Crippen molar-refractivity contribution in [3.8, 4) is 0 Å². The summed E-state index contributed by atoms with van der Waals surface area (Å²) in [6.07, 6.45) is 1.27. The topological polar surface area (TPSA) is 72.4 Å². The van der Waals surface area contributed by atoms with E-state index in [1.807, 2.05) is 19.1 Å². The zero-order valence-electron chi connectivity index (χ0n) is 10.4. The summed E-state index contributed by atoms with van der Waals surface area (Å²) in [6.45, 7) is 4.17. The third-order valence-corrected chi connectivity index (χ3v) is 2.68. The number of rotatable bonds is 3. The van der Waals surface area contributed by atoms with Crippen LogP contribution in [0.2, 0.25) is 0 Å². The van der Waals surface area contributed by atoms with Crippen LogP contribution in [0.5, 0.6) is 0 Å². The molecule has 0 spiro atoms. The van der Waals surface area contributed by atoms with Gasteiger partial charge in [-0.05, 0) is 32.0 Å². The number of benzene rings is 1. The number of aromatic nitrogens is 1. The average Bonchev–Trinajstić information content (AvgIpc) is 2.76. The molecule has 0 unspecified atom stereocenters. The van der Waals surface area contributed by atoms with Crippen LogP contribution in [-0.4, -0.2) is 17.4 Å². The van der Waals surface area contributed by atoms with Crippen LogP contribution in [0.25, 0.3) is 0 Å². The highest BCUT2D eigenvalue weighted by Crippen LogP contribution is 2.20. The van der Waals surface area contributed by atoms with Crippen molar-refractivity contribution in [1.82, 2.24) is 4.98 Å². The molecule has 0 radical (unpaired) electrons. The minimum atomic E-state index is -0.210. The van der Waals surface area contributed by atoms with Crippen molar-refractivity contribution < 1.29 is 9.21 Å². The SMILES string of the molecule is CCN(C(=O)c1ocnc1C)c1cccc(N)c1. The van der Waals surface area contributed by atoms with Crippen LogP contribution in [0, 0.1) is 6.92 Å². The summed E-state index contributed by atoms with van der Waals surface area (Å²) in [4.78, 5) is 17.8. The largest absolute Gasteiger partial charge is 0.438 e. The maximum atomic E-state index is 12.3. The first-order valence-corrected chi connectivity index (χ1v) is 5.71. The zero-order valence-corrected chi connectivity index (χ0v) is 10.4. The fraction of sp³-hybridized carbons (Fsp3) is 0.231. The van der Waals surface area contributed by atoms with Crippen molar-refractivity contribution in [3.05, 3.63) is 42.1 Å². The van der Waals surface area contributed by atoms with Gasteiger partial charge in [-0.1, -0.05) is 6.07 Å². The maximum Gasteiger partial charge on any atom is 0.295 e. The van der Waals surface area contributed by atoms with Crippen LogP contribution < -0.4 is 10.6 Å². The standard InChI is InChI=1S/C13H15N3O2/c1-3-16(11-6-4-5-10(14)7-11)13(17)12-9(2)15-8-18-12/h4-8H,3,14H2,1-2H3. The van der Waals surface area contributed by atoms with Gasteiger partial charge < -0.3 is 15.1 Å². The summed E-state index contributed by atoms with van der Waals surface area (Å²) in [5.41, 5.74) is 7.68. The Bertz CT molecular complexity index is 563. The molecule has 18 heavy (non-hydrogen) atoms. The number of nitrogens with two attached hydrogens (primary N) is 1. The van der Waals surface area contributed by atoms with Gasteiger partial charge in [0, 0.05) is 17.9 Å². The summed E-state index contributed by atoms with van der Waals surface area (Å²) in [7, 11) is 0. The molecule has 2 aromatic rings. The van der Waals surface area contributed by atoms with Gasteiger partial charge in [0.05, 0.1) is 5.69 Å². The van der Waals surface area contributed by atoms with E-state index in [9.17, 15) is 4.79 Å². The fourth-order valence-electron chi connectivity index (χ4n) is 1.77. The van der Waals surface area contributed by atoms with E-state index in [4.69, 9.17) is 10.2 Å². The first-order chi connectivity index (χ1) is 8.63. The lowest BCUT2D eigenvalue weighted by molar-refractivity contribution is 0.0961. The molecule has 5 nitrogen and oxygen atoms in total. The first-order valence-electron chi connectivity index (χ1n) is 5.71. The van der Waals surface area contributed by atoms with Crippen LogP contribution in [-0.2, 0) is 0 Å². The van der Waals surface area contributed by atoms with Gasteiger partial charge in [-0.15, -0.1) is 0 Å². The number of carbonyl (C=O) groups excluding carboxylic acids is 1. The molecule has 0 aliphatic carbocycles. The van der Waals surface area contributed by atoms with Crippen LogP contribution in [0.15, 0.2) is 35.1 Å². The molecule has 0 aliphatic heterocycles. The Hall–Kier alpha value is -2.30. The second-order valence-corrected chi connectivity index (χ2v) is 3.91. The van der Waals surface area contributed by atoms with E-state index in [0.29, 0.717) is 17.9 Å². The summed E-state index contributed by atoms with van der Waals surface area (Å²) in [6, 6.07) is 7.19. The number of anilines is 2. The van der Waals surface area contributed by atoms with Gasteiger partial charge in [0.25, 0.3) is 5.91 Å². The van der Waals surface area contributed by atoms with Gasteiger partial charge in [0.15, 0.2) is 6.39 Å². The van der Waals surface area contributed by atoms with E-state index < -0.39 is 0 Å². The molecule has 0 atom stereocenters. The van der Waals surface area contributed by atoms with Crippen molar-refractivity contribution >= 4 is 17.3 Å². The molecule has 1 aromatic carbocycles. The van der Waals surface area contributed by atoms with Crippen molar-refractivity contribution in [3.63, 3.8) is 0 Å². The van der Waals surface area contributed by atoms with Crippen molar-refractivity contribution in [1.29, 1.82) is 0 Å². The first kappa shape index (κ1) is 12.2. The summed E-state index contributed by atoms with van der Waals surface area (Å²) < 4.78 is 5.13. The molecule has 0 aliphatic rings. The normalized spacial score (nSPS) is 10.3. The lowest BCUT2D eigenvalue weighted by Gasteiger charge is -2.20. The Kier molecular flexibility index (Phi) is 3.32. The summed E-state index contributed by atoms with van der Waals surface area (Å²) in [5.74, 6) is 0.0531. The van der Waals surface area contributed by atoms with Gasteiger partial charge >= 0.3 is 0 Å². The number of hydrogen-bond acceptors (Lipinski definition) is 4. The molecular formula is C13H15N3O2. The third-order valence-electron chi connectivity index (χ3n) is 2.68. The molecule has 1 amide bonds. The molecule has 0 fully saturated rings. The number of hydrogen-bond donors (Lipinski definition) is 1. The third kappa shape index (κ3) is 2.20. The van der Waals surface area contributed by atoms with E-state index in [1.54, 1.807) is 24.0 Å².